The molecule has 0 aliphatic carbocycles. The van der Waals surface area contributed by atoms with E-state index in [-0.39, 0.29) is 0 Å². The lowest BCUT2D eigenvalue weighted by Crippen LogP contribution is -2.33. The van der Waals surface area contributed by atoms with E-state index in [2.05, 4.69) is 32.7 Å². The molecule has 2 rings (SSSR count). The molecule has 0 bridgehead atoms. The van der Waals surface area contributed by atoms with Gasteiger partial charge in [-0.3, -0.25) is 4.90 Å². The van der Waals surface area contributed by atoms with Gasteiger partial charge in [0.05, 0.1) is 16.5 Å². The monoisotopic (exact) mass is 274 g/mol. The molecule has 2 nitrogen and oxygen atoms in total. The summed E-state index contributed by atoms with van der Waals surface area (Å²) in [5, 5.41) is 1.23. The van der Waals surface area contributed by atoms with Crippen LogP contribution in [0.1, 0.15) is 24.8 Å². The van der Waals surface area contributed by atoms with Crippen LogP contribution in [0, 0.1) is 5.92 Å². The summed E-state index contributed by atoms with van der Waals surface area (Å²) in [6.45, 7) is 5.84. The van der Waals surface area contributed by atoms with Crippen LogP contribution in [0.15, 0.2) is 9.98 Å². The number of hydrogen-bond donors (Lipinski definition) is 0. The average Bonchev–Trinajstić information content (AvgIpc) is 2.51. The Balaban J connectivity index is 1.90. The lowest BCUT2D eigenvalue weighted by Gasteiger charge is -2.29. The number of thiazole rings is 1. The second-order valence-corrected chi connectivity index (χ2v) is 6.54. The predicted octanol–water partition coefficient (Wildman–Crippen LogP) is 3.14. The van der Waals surface area contributed by atoms with E-state index in [1.807, 2.05) is 6.20 Å². The van der Waals surface area contributed by atoms with E-state index in [1.165, 1.54) is 30.9 Å². The Hall–Kier alpha value is 0.0700. The highest BCUT2D eigenvalue weighted by atomic mass is 79.9. The van der Waals surface area contributed by atoms with Crippen molar-refractivity contribution in [2.45, 2.75) is 26.3 Å². The SMILES string of the molecule is CC1CCCN(Cc2ncc(Br)s2)C1. The van der Waals surface area contributed by atoms with Gasteiger partial charge in [0.15, 0.2) is 0 Å². The topological polar surface area (TPSA) is 16.1 Å². The van der Waals surface area contributed by atoms with Gasteiger partial charge >= 0.3 is 0 Å². The maximum absolute atomic E-state index is 4.36. The zero-order valence-electron chi connectivity index (χ0n) is 8.37. The Morgan fingerprint density at radius 1 is 1.71 bits per heavy atom. The molecule has 1 unspecified atom stereocenters. The van der Waals surface area contributed by atoms with E-state index < -0.39 is 0 Å². The van der Waals surface area contributed by atoms with Gasteiger partial charge in [0.25, 0.3) is 0 Å². The molecular formula is C10H15BrN2S. The highest BCUT2D eigenvalue weighted by Gasteiger charge is 2.17. The maximum Gasteiger partial charge on any atom is 0.108 e. The third kappa shape index (κ3) is 2.78. The molecule has 4 heteroatoms. The van der Waals surface area contributed by atoms with Crippen molar-refractivity contribution < 1.29 is 0 Å². The Kier molecular flexibility index (Phi) is 3.57. The predicted molar refractivity (Wildman–Crippen MR) is 63.5 cm³/mol. The summed E-state index contributed by atoms with van der Waals surface area (Å²) in [5.74, 6) is 0.854. The quantitative estimate of drug-likeness (QED) is 0.824. The molecule has 1 aromatic heterocycles. The molecule has 1 aliphatic heterocycles. The van der Waals surface area contributed by atoms with Crippen LogP contribution in [-0.4, -0.2) is 23.0 Å². The Labute approximate surface area is 97.5 Å². The van der Waals surface area contributed by atoms with Gasteiger partial charge < -0.3 is 0 Å². The first-order valence-corrected chi connectivity index (χ1v) is 6.67. The lowest BCUT2D eigenvalue weighted by atomic mass is 10.0. The van der Waals surface area contributed by atoms with Crippen molar-refractivity contribution in [1.82, 2.24) is 9.88 Å². The molecule has 14 heavy (non-hydrogen) atoms. The Morgan fingerprint density at radius 3 is 3.21 bits per heavy atom. The fraction of sp³-hybridized carbons (Fsp3) is 0.700. The molecule has 0 saturated carbocycles. The van der Waals surface area contributed by atoms with Gasteiger partial charge in [-0.15, -0.1) is 11.3 Å². The summed E-state index contributed by atoms with van der Waals surface area (Å²) in [7, 11) is 0. The summed E-state index contributed by atoms with van der Waals surface area (Å²) >= 11 is 5.19. The van der Waals surface area contributed by atoms with Crippen LogP contribution in [0.2, 0.25) is 0 Å². The highest BCUT2D eigenvalue weighted by Crippen LogP contribution is 2.22. The standard InChI is InChI=1S/C10H15BrN2S/c1-8-3-2-4-13(6-8)7-10-12-5-9(11)14-10/h5,8H,2-4,6-7H2,1H3. The summed E-state index contributed by atoms with van der Waals surface area (Å²) in [6.07, 6.45) is 4.62. The minimum Gasteiger partial charge on any atom is -0.296 e. The molecule has 0 amide bonds. The molecule has 2 heterocycles. The van der Waals surface area contributed by atoms with Gasteiger partial charge in [-0.2, -0.15) is 0 Å². The number of nitrogens with zero attached hydrogens (tertiary/aromatic N) is 2. The maximum atomic E-state index is 4.36. The van der Waals surface area contributed by atoms with Crippen molar-refractivity contribution in [1.29, 1.82) is 0 Å². The number of rotatable bonds is 2. The van der Waals surface area contributed by atoms with Gasteiger partial charge in [0.1, 0.15) is 5.01 Å². The van der Waals surface area contributed by atoms with E-state index in [0.29, 0.717) is 0 Å². The van der Waals surface area contributed by atoms with Crippen LogP contribution in [0.25, 0.3) is 0 Å². The second kappa shape index (κ2) is 4.73. The normalized spacial score (nSPS) is 24.0. The average molecular weight is 275 g/mol. The number of aromatic nitrogens is 1. The van der Waals surface area contributed by atoms with E-state index in [1.54, 1.807) is 11.3 Å². The lowest BCUT2D eigenvalue weighted by molar-refractivity contribution is 0.176. The molecule has 1 aliphatic rings. The molecule has 1 fully saturated rings. The molecule has 0 radical (unpaired) electrons. The number of likely N-dealkylation sites (tertiary alicyclic amines) is 1. The number of halogens is 1. The van der Waals surface area contributed by atoms with Gasteiger partial charge in [-0.1, -0.05) is 6.92 Å². The summed E-state index contributed by atoms with van der Waals surface area (Å²) in [5.41, 5.74) is 0. The van der Waals surface area contributed by atoms with Gasteiger partial charge in [0.2, 0.25) is 0 Å². The molecule has 1 saturated heterocycles. The van der Waals surface area contributed by atoms with Crippen molar-refractivity contribution in [2.75, 3.05) is 13.1 Å². The van der Waals surface area contributed by atoms with Crippen molar-refractivity contribution in [3.63, 3.8) is 0 Å². The summed E-state index contributed by atoms with van der Waals surface area (Å²) in [6, 6.07) is 0. The van der Waals surface area contributed by atoms with Crippen molar-refractivity contribution in [3.05, 3.63) is 15.0 Å². The summed E-state index contributed by atoms with van der Waals surface area (Å²) in [4.78, 5) is 6.88. The van der Waals surface area contributed by atoms with E-state index in [4.69, 9.17) is 0 Å². The first-order valence-electron chi connectivity index (χ1n) is 5.06. The van der Waals surface area contributed by atoms with Crippen LogP contribution < -0.4 is 0 Å². The van der Waals surface area contributed by atoms with Crippen LogP contribution >= 0.6 is 27.3 Å². The second-order valence-electron chi connectivity index (χ2n) is 4.04. The zero-order valence-corrected chi connectivity index (χ0v) is 10.8. The van der Waals surface area contributed by atoms with Crippen LogP contribution in [-0.2, 0) is 6.54 Å². The van der Waals surface area contributed by atoms with Gasteiger partial charge in [-0.25, -0.2) is 4.98 Å². The zero-order chi connectivity index (χ0) is 9.97. The Morgan fingerprint density at radius 2 is 2.57 bits per heavy atom. The first kappa shape index (κ1) is 10.6. The third-order valence-electron chi connectivity index (χ3n) is 2.63. The van der Waals surface area contributed by atoms with Crippen molar-refractivity contribution in [3.8, 4) is 0 Å². The van der Waals surface area contributed by atoms with E-state index in [0.717, 1.165) is 16.2 Å². The van der Waals surface area contributed by atoms with Crippen LogP contribution in [0.3, 0.4) is 0 Å². The van der Waals surface area contributed by atoms with E-state index >= 15 is 0 Å². The molecular weight excluding hydrogens is 260 g/mol. The van der Waals surface area contributed by atoms with Crippen molar-refractivity contribution in [2.24, 2.45) is 5.92 Å². The first-order chi connectivity index (χ1) is 6.74. The van der Waals surface area contributed by atoms with Gasteiger partial charge in [-0.05, 0) is 41.2 Å². The fourth-order valence-electron chi connectivity index (χ4n) is 1.98. The molecule has 1 aromatic rings. The molecule has 0 aromatic carbocycles. The number of piperidine rings is 1. The third-order valence-corrected chi connectivity index (χ3v) is 4.09. The molecule has 1 atom stereocenters. The smallest absolute Gasteiger partial charge is 0.108 e. The molecule has 78 valence electrons. The van der Waals surface area contributed by atoms with E-state index in [9.17, 15) is 0 Å². The minimum atomic E-state index is 0.854. The fourth-order valence-corrected chi connectivity index (χ4v) is 3.33. The summed E-state index contributed by atoms with van der Waals surface area (Å²) < 4.78 is 1.14. The molecule has 0 spiro atoms. The van der Waals surface area contributed by atoms with Crippen LogP contribution in [0.5, 0.6) is 0 Å². The highest BCUT2D eigenvalue weighted by molar-refractivity contribution is 9.11. The number of hydrogen-bond acceptors (Lipinski definition) is 3. The Bertz CT molecular complexity index is 300. The minimum absolute atomic E-state index is 0.854. The van der Waals surface area contributed by atoms with Crippen LogP contribution in [0.4, 0.5) is 0 Å². The van der Waals surface area contributed by atoms with Gasteiger partial charge in [0, 0.05) is 6.54 Å². The van der Waals surface area contributed by atoms with Crippen molar-refractivity contribution >= 4 is 27.3 Å². The molecule has 0 N–H and O–H groups in total. The largest absolute Gasteiger partial charge is 0.296 e.